The third-order valence-corrected chi connectivity index (χ3v) is 4.40. The van der Waals surface area contributed by atoms with Crippen molar-refractivity contribution in [2.45, 2.75) is 18.9 Å². The Morgan fingerprint density at radius 3 is 2.05 bits per heavy atom. The molecule has 0 aromatic heterocycles. The number of aliphatic hydroxyl groups is 1. The minimum atomic E-state index is -0.593. The summed E-state index contributed by atoms with van der Waals surface area (Å²) < 4.78 is 0. The van der Waals surface area contributed by atoms with Crippen LogP contribution in [-0.4, -0.2) is 11.2 Å². The van der Waals surface area contributed by atoms with Gasteiger partial charge in [0.05, 0.1) is 16.1 Å². The van der Waals surface area contributed by atoms with Crippen LogP contribution in [0.2, 0.25) is 20.1 Å². The average molecular weight is 350 g/mol. The van der Waals surface area contributed by atoms with E-state index in [1.54, 1.807) is 30.3 Å². The summed E-state index contributed by atoms with van der Waals surface area (Å²) in [6.45, 7) is 0. The summed E-state index contributed by atoms with van der Waals surface area (Å²) in [6.07, 6.45) is 0.252. The van der Waals surface area contributed by atoms with Gasteiger partial charge in [-0.05, 0) is 41.8 Å². The lowest BCUT2D eigenvalue weighted by Crippen LogP contribution is -2.14. The van der Waals surface area contributed by atoms with Crippen molar-refractivity contribution in [2.75, 3.05) is 0 Å². The molecule has 1 N–H and O–H groups in total. The maximum atomic E-state index is 10.2. The minimum Gasteiger partial charge on any atom is -0.392 e. The molecule has 0 spiro atoms. The van der Waals surface area contributed by atoms with Gasteiger partial charge < -0.3 is 5.11 Å². The molecule has 0 heterocycles. The number of hydrogen-bond donors (Lipinski definition) is 1. The van der Waals surface area contributed by atoms with E-state index in [2.05, 4.69) is 0 Å². The molecule has 1 atom stereocenters. The van der Waals surface area contributed by atoms with E-state index in [1.807, 2.05) is 6.07 Å². The van der Waals surface area contributed by atoms with Crippen molar-refractivity contribution in [1.82, 2.24) is 0 Å². The van der Waals surface area contributed by atoms with Crippen LogP contribution in [0.25, 0.3) is 0 Å². The zero-order valence-corrected chi connectivity index (χ0v) is 13.4. The summed E-state index contributed by atoms with van der Waals surface area (Å²) in [6, 6.07) is 10.6. The Morgan fingerprint density at radius 1 is 0.800 bits per heavy atom. The first-order valence-corrected chi connectivity index (χ1v) is 7.53. The molecule has 5 heteroatoms. The van der Waals surface area contributed by atoms with E-state index >= 15 is 0 Å². The van der Waals surface area contributed by atoms with Crippen molar-refractivity contribution in [1.29, 1.82) is 0 Å². The quantitative estimate of drug-likeness (QED) is 0.778. The van der Waals surface area contributed by atoms with Crippen molar-refractivity contribution < 1.29 is 5.11 Å². The molecule has 20 heavy (non-hydrogen) atoms. The van der Waals surface area contributed by atoms with E-state index < -0.39 is 6.10 Å². The monoisotopic (exact) mass is 348 g/mol. The van der Waals surface area contributed by atoms with Gasteiger partial charge in [-0.25, -0.2) is 0 Å². The van der Waals surface area contributed by atoms with Crippen molar-refractivity contribution in [3.05, 3.63) is 67.6 Å². The molecule has 2 rings (SSSR count). The van der Waals surface area contributed by atoms with Gasteiger partial charge in [-0.15, -0.1) is 0 Å². The van der Waals surface area contributed by atoms with E-state index in [1.165, 1.54) is 0 Å². The van der Waals surface area contributed by atoms with Gasteiger partial charge in [0.1, 0.15) is 0 Å². The Labute approximate surface area is 138 Å². The molecule has 0 bridgehead atoms. The molecular formula is C15H12Cl4O. The second-order valence-corrected chi connectivity index (χ2v) is 6.14. The number of rotatable bonds is 4. The first kappa shape index (κ1) is 15.9. The maximum absolute atomic E-state index is 10.2. The van der Waals surface area contributed by atoms with Gasteiger partial charge in [-0.1, -0.05) is 58.5 Å². The fourth-order valence-corrected chi connectivity index (χ4v) is 2.85. The van der Waals surface area contributed by atoms with Crippen LogP contribution in [0.1, 0.15) is 11.1 Å². The van der Waals surface area contributed by atoms with Crippen LogP contribution in [0.5, 0.6) is 0 Å². The van der Waals surface area contributed by atoms with Crippen LogP contribution in [-0.2, 0) is 12.8 Å². The second kappa shape index (κ2) is 7.02. The number of halogens is 4. The summed E-state index contributed by atoms with van der Waals surface area (Å²) >= 11 is 24.0. The zero-order chi connectivity index (χ0) is 14.7. The number of benzene rings is 2. The molecule has 0 aliphatic carbocycles. The lowest BCUT2D eigenvalue weighted by Gasteiger charge is -2.13. The van der Waals surface area contributed by atoms with Gasteiger partial charge >= 0.3 is 0 Å². The fraction of sp³-hybridized carbons (Fsp3) is 0.200. The van der Waals surface area contributed by atoms with Gasteiger partial charge in [-0.3, -0.25) is 0 Å². The summed E-state index contributed by atoms with van der Waals surface area (Å²) in [5.41, 5.74) is 1.67. The molecule has 0 saturated carbocycles. The van der Waals surface area contributed by atoms with E-state index in [4.69, 9.17) is 46.4 Å². The summed E-state index contributed by atoms with van der Waals surface area (Å²) in [4.78, 5) is 0. The second-order valence-electron chi connectivity index (χ2n) is 4.51. The highest BCUT2D eigenvalue weighted by Gasteiger charge is 2.13. The molecule has 0 fully saturated rings. The molecule has 1 unspecified atom stereocenters. The van der Waals surface area contributed by atoms with Crippen LogP contribution in [0, 0.1) is 0 Å². The van der Waals surface area contributed by atoms with Gasteiger partial charge in [-0.2, -0.15) is 0 Å². The highest BCUT2D eigenvalue weighted by Crippen LogP contribution is 2.27. The molecular weight excluding hydrogens is 338 g/mol. The van der Waals surface area contributed by atoms with Gasteiger partial charge in [0.2, 0.25) is 0 Å². The fourth-order valence-electron chi connectivity index (χ4n) is 1.97. The predicted molar refractivity (Wildman–Crippen MR) is 86.3 cm³/mol. The summed E-state index contributed by atoms with van der Waals surface area (Å²) in [5, 5.41) is 12.3. The highest BCUT2D eigenvalue weighted by molar-refractivity contribution is 6.42. The van der Waals surface area contributed by atoms with E-state index in [0.29, 0.717) is 32.9 Å². The molecule has 0 saturated heterocycles. The standard InChI is InChI=1S/C15H12Cl4O/c16-12-2-1-3-13(17)11(12)8-10(20)6-9-4-5-14(18)15(19)7-9/h1-5,7,10,20H,6,8H2. The SMILES string of the molecule is OC(Cc1ccc(Cl)c(Cl)c1)Cc1c(Cl)cccc1Cl. The predicted octanol–water partition coefficient (Wildman–Crippen LogP) is 5.45. The molecule has 0 aliphatic heterocycles. The van der Waals surface area contributed by atoms with E-state index in [0.717, 1.165) is 11.1 Å². The molecule has 1 nitrogen and oxygen atoms in total. The van der Waals surface area contributed by atoms with Crippen LogP contribution in [0.4, 0.5) is 0 Å². The van der Waals surface area contributed by atoms with Gasteiger partial charge in [0, 0.05) is 16.5 Å². The lowest BCUT2D eigenvalue weighted by atomic mass is 10.0. The van der Waals surface area contributed by atoms with E-state index in [-0.39, 0.29) is 0 Å². The Balaban J connectivity index is 2.09. The van der Waals surface area contributed by atoms with Crippen LogP contribution in [0.3, 0.4) is 0 Å². The van der Waals surface area contributed by atoms with Gasteiger partial charge in [0.25, 0.3) is 0 Å². The molecule has 0 radical (unpaired) electrons. The normalized spacial score (nSPS) is 12.4. The molecule has 106 valence electrons. The zero-order valence-electron chi connectivity index (χ0n) is 10.4. The van der Waals surface area contributed by atoms with Crippen LogP contribution < -0.4 is 0 Å². The topological polar surface area (TPSA) is 20.2 Å². The van der Waals surface area contributed by atoms with Crippen molar-refractivity contribution in [2.24, 2.45) is 0 Å². The summed E-state index contributed by atoms with van der Waals surface area (Å²) in [5.74, 6) is 0. The Hall–Kier alpha value is -0.440. The summed E-state index contributed by atoms with van der Waals surface area (Å²) in [7, 11) is 0. The van der Waals surface area contributed by atoms with Crippen molar-refractivity contribution >= 4 is 46.4 Å². The Morgan fingerprint density at radius 2 is 1.45 bits per heavy atom. The smallest absolute Gasteiger partial charge is 0.0621 e. The van der Waals surface area contributed by atoms with Crippen LogP contribution >= 0.6 is 46.4 Å². The minimum absolute atomic E-state index is 0.388. The van der Waals surface area contributed by atoms with E-state index in [9.17, 15) is 5.11 Å². The number of aliphatic hydroxyl groups excluding tert-OH is 1. The third-order valence-electron chi connectivity index (χ3n) is 2.96. The van der Waals surface area contributed by atoms with Crippen molar-refractivity contribution in [3.8, 4) is 0 Å². The van der Waals surface area contributed by atoms with Crippen molar-refractivity contribution in [3.63, 3.8) is 0 Å². The molecule has 2 aromatic carbocycles. The first-order valence-electron chi connectivity index (χ1n) is 6.02. The lowest BCUT2D eigenvalue weighted by molar-refractivity contribution is 0.175. The third kappa shape index (κ3) is 4.03. The number of hydrogen-bond acceptors (Lipinski definition) is 1. The highest BCUT2D eigenvalue weighted by atomic mass is 35.5. The Bertz CT molecular complexity index is 593. The molecule has 0 amide bonds. The van der Waals surface area contributed by atoms with Gasteiger partial charge in [0.15, 0.2) is 0 Å². The Kier molecular flexibility index (Phi) is 5.59. The largest absolute Gasteiger partial charge is 0.392 e. The average Bonchev–Trinajstić information content (AvgIpc) is 2.38. The molecule has 2 aromatic rings. The maximum Gasteiger partial charge on any atom is 0.0621 e. The molecule has 0 aliphatic rings. The first-order chi connectivity index (χ1) is 9.47. The van der Waals surface area contributed by atoms with Crippen LogP contribution in [0.15, 0.2) is 36.4 Å².